The number of hydrogen-bond acceptors (Lipinski definition) is 1. The van der Waals surface area contributed by atoms with Crippen molar-refractivity contribution in [2.75, 3.05) is 22.9 Å². The molecule has 3 heteroatoms. The standard InChI is InChI=1S/C16H16N2O/c19-16-17(14-8-3-1-4-9-14)12-7-13-18(16)15-10-5-2-6-11-15/h1-6,8-11H,7,12-13H2. The molecule has 3 rings (SSSR count). The Balaban J connectivity index is 1.88. The highest BCUT2D eigenvalue weighted by Gasteiger charge is 2.27. The largest absolute Gasteiger partial charge is 0.328 e. The Morgan fingerprint density at radius 1 is 0.684 bits per heavy atom. The Morgan fingerprint density at radius 3 is 1.53 bits per heavy atom. The second-order valence-electron chi connectivity index (χ2n) is 4.61. The van der Waals surface area contributed by atoms with E-state index in [1.165, 1.54) is 0 Å². The molecule has 0 radical (unpaired) electrons. The highest BCUT2D eigenvalue weighted by molar-refractivity contribution is 6.04. The van der Waals surface area contributed by atoms with Gasteiger partial charge in [0.1, 0.15) is 0 Å². The van der Waals surface area contributed by atoms with Gasteiger partial charge in [0.2, 0.25) is 0 Å². The van der Waals surface area contributed by atoms with Crippen molar-refractivity contribution < 1.29 is 4.79 Å². The van der Waals surface area contributed by atoms with E-state index in [1.807, 2.05) is 70.5 Å². The Kier molecular flexibility index (Phi) is 3.19. The van der Waals surface area contributed by atoms with Crippen LogP contribution in [0.1, 0.15) is 6.42 Å². The molecule has 1 saturated heterocycles. The fraction of sp³-hybridized carbons (Fsp3) is 0.188. The number of carbonyl (C=O) groups is 1. The summed E-state index contributed by atoms with van der Waals surface area (Å²) in [4.78, 5) is 16.3. The van der Waals surface area contributed by atoms with E-state index >= 15 is 0 Å². The Labute approximate surface area is 113 Å². The van der Waals surface area contributed by atoms with Crippen molar-refractivity contribution >= 4 is 17.4 Å². The molecule has 0 spiro atoms. The summed E-state index contributed by atoms with van der Waals surface area (Å²) in [5.41, 5.74) is 1.93. The zero-order chi connectivity index (χ0) is 13.1. The summed E-state index contributed by atoms with van der Waals surface area (Å²) in [6, 6.07) is 19.8. The molecule has 1 fully saturated rings. The van der Waals surface area contributed by atoms with Gasteiger partial charge >= 0.3 is 6.03 Å². The van der Waals surface area contributed by atoms with Gasteiger partial charge in [-0.1, -0.05) is 36.4 Å². The van der Waals surface area contributed by atoms with Crippen LogP contribution in [0.15, 0.2) is 60.7 Å². The maximum Gasteiger partial charge on any atom is 0.328 e. The molecule has 2 aromatic carbocycles. The van der Waals surface area contributed by atoms with E-state index in [4.69, 9.17) is 0 Å². The molecule has 0 aliphatic carbocycles. The number of rotatable bonds is 2. The third-order valence-electron chi connectivity index (χ3n) is 3.36. The molecule has 0 atom stereocenters. The topological polar surface area (TPSA) is 23.6 Å². The van der Waals surface area contributed by atoms with Crippen LogP contribution in [-0.2, 0) is 0 Å². The number of nitrogens with zero attached hydrogens (tertiary/aromatic N) is 2. The SMILES string of the molecule is O=C1N(c2ccccc2)CCCN1c1ccccc1. The number of urea groups is 1. The maximum atomic E-state index is 12.6. The molecule has 1 aliphatic rings. The molecule has 1 aliphatic heterocycles. The second-order valence-corrected chi connectivity index (χ2v) is 4.61. The summed E-state index contributed by atoms with van der Waals surface area (Å²) < 4.78 is 0. The van der Waals surface area contributed by atoms with Crippen molar-refractivity contribution in [1.29, 1.82) is 0 Å². The van der Waals surface area contributed by atoms with Gasteiger partial charge in [0.05, 0.1) is 0 Å². The first-order valence-electron chi connectivity index (χ1n) is 6.55. The quantitative estimate of drug-likeness (QED) is 0.802. The number of para-hydroxylation sites is 2. The molecular formula is C16H16N2O. The maximum absolute atomic E-state index is 12.6. The summed E-state index contributed by atoms with van der Waals surface area (Å²) in [6.45, 7) is 1.57. The van der Waals surface area contributed by atoms with Crippen LogP contribution in [0.2, 0.25) is 0 Å². The number of amides is 2. The Hall–Kier alpha value is -2.29. The summed E-state index contributed by atoms with van der Waals surface area (Å²) in [6.07, 6.45) is 0.982. The van der Waals surface area contributed by atoms with Crippen molar-refractivity contribution in [2.24, 2.45) is 0 Å². The van der Waals surface area contributed by atoms with Crippen LogP contribution in [0, 0.1) is 0 Å². The fourth-order valence-electron chi connectivity index (χ4n) is 2.42. The predicted octanol–water partition coefficient (Wildman–Crippen LogP) is 3.52. The van der Waals surface area contributed by atoms with Gasteiger partial charge in [-0.15, -0.1) is 0 Å². The lowest BCUT2D eigenvalue weighted by molar-refractivity contribution is 0.248. The minimum absolute atomic E-state index is 0.0589. The molecule has 19 heavy (non-hydrogen) atoms. The van der Waals surface area contributed by atoms with Crippen LogP contribution in [-0.4, -0.2) is 19.1 Å². The van der Waals surface area contributed by atoms with Crippen molar-refractivity contribution in [1.82, 2.24) is 0 Å². The van der Waals surface area contributed by atoms with Gasteiger partial charge in [0.25, 0.3) is 0 Å². The summed E-state index contributed by atoms with van der Waals surface area (Å²) in [5, 5.41) is 0. The van der Waals surface area contributed by atoms with E-state index in [0.717, 1.165) is 30.9 Å². The second kappa shape index (κ2) is 5.14. The molecule has 2 aromatic rings. The molecular weight excluding hydrogens is 236 g/mol. The van der Waals surface area contributed by atoms with Gasteiger partial charge in [-0.05, 0) is 30.7 Å². The van der Waals surface area contributed by atoms with E-state index in [9.17, 15) is 4.79 Å². The van der Waals surface area contributed by atoms with Gasteiger partial charge in [-0.3, -0.25) is 9.80 Å². The zero-order valence-electron chi connectivity index (χ0n) is 10.7. The average Bonchev–Trinajstić information content (AvgIpc) is 2.49. The first-order valence-corrected chi connectivity index (χ1v) is 6.55. The normalized spacial score (nSPS) is 15.7. The minimum atomic E-state index is 0.0589. The highest BCUT2D eigenvalue weighted by atomic mass is 16.2. The molecule has 1 heterocycles. The van der Waals surface area contributed by atoms with E-state index in [-0.39, 0.29) is 6.03 Å². The third kappa shape index (κ3) is 2.32. The lowest BCUT2D eigenvalue weighted by Crippen LogP contribution is -2.49. The predicted molar refractivity (Wildman–Crippen MR) is 77.6 cm³/mol. The number of benzene rings is 2. The van der Waals surface area contributed by atoms with Crippen LogP contribution in [0.25, 0.3) is 0 Å². The van der Waals surface area contributed by atoms with E-state index in [2.05, 4.69) is 0 Å². The lowest BCUT2D eigenvalue weighted by atomic mass is 10.2. The molecule has 0 bridgehead atoms. The molecule has 0 saturated carbocycles. The van der Waals surface area contributed by atoms with Crippen molar-refractivity contribution in [3.05, 3.63) is 60.7 Å². The van der Waals surface area contributed by atoms with Crippen molar-refractivity contribution in [3.63, 3.8) is 0 Å². The van der Waals surface area contributed by atoms with E-state index in [1.54, 1.807) is 0 Å². The molecule has 0 unspecified atom stereocenters. The Morgan fingerprint density at radius 2 is 1.11 bits per heavy atom. The van der Waals surface area contributed by atoms with Gasteiger partial charge in [0, 0.05) is 24.5 Å². The Bertz CT molecular complexity index is 504. The molecule has 2 amide bonds. The van der Waals surface area contributed by atoms with Crippen LogP contribution in [0.5, 0.6) is 0 Å². The molecule has 0 aromatic heterocycles. The summed E-state index contributed by atoms with van der Waals surface area (Å²) in [5.74, 6) is 0. The van der Waals surface area contributed by atoms with Gasteiger partial charge in [-0.2, -0.15) is 0 Å². The zero-order valence-corrected chi connectivity index (χ0v) is 10.7. The summed E-state index contributed by atoms with van der Waals surface area (Å²) >= 11 is 0. The van der Waals surface area contributed by atoms with Crippen molar-refractivity contribution in [3.8, 4) is 0 Å². The van der Waals surface area contributed by atoms with Gasteiger partial charge in [0.15, 0.2) is 0 Å². The van der Waals surface area contributed by atoms with Crippen LogP contribution < -0.4 is 9.80 Å². The number of hydrogen-bond donors (Lipinski definition) is 0. The van der Waals surface area contributed by atoms with E-state index < -0.39 is 0 Å². The monoisotopic (exact) mass is 252 g/mol. The lowest BCUT2D eigenvalue weighted by Gasteiger charge is -2.35. The van der Waals surface area contributed by atoms with Crippen molar-refractivity contribution in [2.45, 2.75) is 6.42 Å². The third-order valence-corrected chi connectivity index (χ3v) is 3.36. The van der Waals surface area contributed by atoms with Crippen LogP contribution >= 0.6 is 0 Å². The molecule has 96 valence electrons. The first kappa shape index (κ1) is 11.8. The summed E-state index contributed by atoms with van der Waals surface area (Å²) in [7, 11) is 0. The molecule has 3 nitrogen and oxygen atoms in total. The number of carbonyl (C=O) groups excluding carboxylic acids is 1. The molecule has 0 N–H and O–H groups in total. The smallest absolute Gasteiger partial charge is 0.294 e. The average molecular weight is 252 g/mol. The van der Waals surface area contributed by atoms with Crippen LogP contribution in [0.4, 0.5) is 16.2 Å². The van der Waals surface area contributed by atoms with Gasteiger partial charge in [-0.25, -0.2) is 4.79 Å². The van der Waals surface area contributed by atoms with Gasteiger partial charge < -0.3 is 0 Å². The first-order chi connectivity index (χ1) is 9.36. The minimum Gasteiger partial charge on any atom is -0.294 e. The highest BCUT2D eigenvalue weighted by Crippen LogP contribution is 2.23. The fourth-order valence-corrected chi connectivity index (χ4v) is 2.42. The van der Waals surface area contributed by atoms with E-state index in [0.29, 0.717) is 0 Å². The van der Waals surface area contributed by atoms with Crippen LogP contribution in [0.3, 0.4) is 0 Å². The number of anilines is 2.